The minimum atomic E-state index is -0.394. The smallest absolute Gasteiger partial charge is 0.125 e. The molecule has 0 aromatic heterocycles. The molecular weight excluding hydrogens is 319 g/mol. The number of rotatable bonds is 2. The zero-order valence-electron chi connectivity index (χ0n) is 9.60. The predicted molar refractivity (Wildman–Crippen MR) is 78.0 cm³/mol. The maximum absolute atomic E-state index is 13.1. The monoisotopic (exact) mass is 328 g/mol. The molecule has 0 amide bonds. The molecule has 0 saturated carbocycles. The van der Waals surface area contributed by atoms with Crippen molar-refractivity contribution in [3.63, 3.8) is 0 Å². The van der Waals surface area contributed by atoms with E-state index in [2.05, 4.69) is 21.2 Å². The van der Waals surface area contributed by atoms with E-state index in [4.69, 9.17) is 17.3 Å². The lowest BCUT2D eigenvalue weighted by molar-refractivity contribution is 0.627. The molecule has 0 fully saturated rings. The maximum atomic E-state index is 13.1. The number of hydrogen-bond donors (Lipinski definition) is 2. The minimum absolute atomic E-state index is 0.294. The number of para-hydroxylation sites is 1. The largest absolute Gasteiger partial charge is 0.397 e. The van der Waals surface area contributed by atoms with E-state index in [1.807, 2.05) is 25.1 Å². The molecule has 0 heterocycles. The van der Waals surface area contributed by atoms with E-state index >= 15 is 0 Å². The van der Waals surface area contributed by atoms with Crippen LogP contribution in [0.25, 0.3) is 0 Å². The van der Waals surface area contributed by atoms with Gasteiger partial charge in [-0.15, -0.1) is 0 Å². The summed E-state index contributed by atoms with van der Waals surface area (Å²) in [5.41, 5.74) is 8.91. The van der Waals surface area contributed by atoms with Gasteiger partial charge in [-0.05, 0) is 46.6 Å². The molecule has 0 spiro atoms. The topological polar surface area (TPSA) is 38.0 Å². The van der Waals surface area contributed by atoms with E-state index in [9.17, 15) is 4.39 Å². The number of benzene rings is 2. The van der Waals surface area contributed by atoms with Crippen LogP contribution >= 0.6 is 27.5 Å². The molecule has 0 radical (unpaired) electrons. The van der Waals surface area contributed by atoms with Crippen LogP contribution in [0.3, 0.4) is 0 Å². The Morgan fingerprint density at radius 3 is 2.72 bits per heavy atom. The SMILES string of the molecule is Cc1cccc(Nc2c(Cl)cc(F)cc2Br)c1N. The molecule has 0 aliphatic heterocycles. The number of nitrogen functional groups attached to an aromatic ring is 1. The lowest BCUT2D eigenvalue weighted by Crippen LogP contribution is -1.99. The van der Waals surface area contributed by atoms with Crippen LogP contribution in [-0.4, -0.2) is 0 Å². The third-order valence-electron chi connectivity index (χ3n) is 2.59. The summed E-state index contributed by atoms with van der Waals surface area (Å²) < 4.78 is 13.7. The van der Waals surface area contributed by atoms with Gasteiger partial charge < -0.3 is 11.1 Å². The molecule has 0 bridgehead atoms. The van der Waals surface area contributed by atoms with E-state index in [-0.39, 0.29) is 0 Å². The van der Waals surface area contributed by atoms with Crippen molar-refractivity contribution in [1.29, 1.82) is 0 Å². The highest BCUT2D eigenvalue weighted by Crippen LogP contribution is 2.36. The standard InChI is InChI=1S/C13H11BrClFN2/c1-7-3-2-4-11(12(7)17)18-13-9(14)5-8(16)6-10(13)15/h2-6,18H,17H2,1H3. The Balaban J connectivity index is 2.43. The van der Waals surface area contributed by atoms with Crippen molar-refractivity contribution in [3.05, 3.63) is 51.2 Å². The molecular formula is C13H11BrClFN2. The zero-order valence-corrected chi connectivity index (χ0v) is 11.9. The first-order valence-corrected chi connectivity index (χ1v) is 6.43. The minimum Gasteiger partial charge on any atom is -0.397 e. The van der Waals surface area contributed by atoms with Gasteiger partial charge in [0.2, 0.25) is 0 Å². The predicted octanol–water partition coefficient (Wildman–Crippen LogP) is 4.88. The van der Waals surface area contributed by atoms with Gasteiger partial charge in [-0.2, -0.15) is 0 Å². The third kappa shape index (κ3) is 2.60. The summed E-state index contributed by atoms with van der Waals surface area (Å²) in [4.78, 5) is 0. The normalized spacial score (nSPS) is 10.4. The second-order valence-electron chi connectivity index (χ2n) is 3.91. The van der Waals surface area contributed by atoms with E-state index in [1.165, 1.54) is 12.1 Å². The summed E-state index contributed by atoms with van der Waals surface area (Å²) in [5, 5.41) is 3.40. The van der Waals surface area contributed by atoms with Crippen LogP contribution in [0.15, 0.2) is 34.8 Å². The highest BCUT2D eigenvalue weighted by atomic mass is 79.9. The fourth-order valence-corrected chi connectivity index (χ4v) is 2.48. The molecule has 2 aromatic carbocycles. The summed E-state index contributed by atoms with van der Waals surface area (Å²) >= 11 is 9.27. The van der Waals surface area contributed by atoms with Crippen molar-refractivity contribution < 1.29 is 4.39 Å². The summed E-state index contributed by atoms with van der Waals surface area (Å²) in [6.07, 6.45) is 0. The lowest BCUT2D eigenvalue weighted by atomic mass is 10.1. The molecule has 0 atom stereocenters. The summed E-state index contributed by atoms with van der Waals surface area (Å²) in [7, 11) is 0. The quantitative estimate of drug-likeness (QED) is 0.771. The molecule has 18 heavy (non-hydrogen) atoms. The summed E-state index contributed by atoms with van der Waals surface area (Å²) in [5.74, 6) is -0.394. The van der Waals surface area contributed by atoms with Gasteiger partial charge in [0, 0.05) is 4.47 Å². The van der Waals surface area contributed by atoms with Crippen LogP contribution in [0.5, 0.6) is 0 Å². The third-order valence-corrected chi connectivity index (χ3v) is 3.51. The molecule has 2 aromatic rings. The fourth-order valence-electron chi connectivity index (χ4n) is 1.59. The van der Waals surface area contributed by atoms with Crippen LogP contribution < -0.4 is 11.1 Å². The molecule has 0 unspecified atom stereocenters. The van der Waals surface area contributed by atoms with Crippen molar-refractivity contribution in [2.24, 2.45) is 0 Å². The Morgan fingerprint density at radius 2 is 2.06 bits per heavy atom. The molecule has 2 rings (SSSR count). The first-order chi connectivity index (χ1) is 8.49. The van der Waals surface area contributed by atoms with E-state index in [0.717, 1.165) is 11.3 Å². The van der Waals surface area contributed by atoms with Crippen LogP contribution in [0.1, 0.15) is 5.56 Å². The van der Waals surface area contributed by atoms with Gasteiger partial charge in [0.15, 0.2) is 0 Å². The van der Waals surface area contributed by atoms with E-state index < -0.39 is 5.82 Å². The van der Waals surface area contributed by atoms with Gasteiger partial charge in [-0.1, -0.05) is 23.7 Å². The van der Waals surface area contributed by atoms with Crippen molar-refractivity contribution in [2.75, 3.05) is 11.1 Å². The number of nitrogens with one attached hydrogen (secondary N) is 1. The number of nitrogens with two attached hydrogens (primary N) is 1. The molecule has 0 saturated heterocycles. The number of anilines is 3. The van der Waals surface area contributed by atoms with Gasteiger partial charge >= 0.3 is 0 Å². The van der Waals surface area contributed by atoms with Gasteiger partial charge in [0.1, 0.15) is 5.82 Å². The lowest BCUT2D eigenvalue weighted by Gasteiger charge is -2.14. The van der Waals surface area contributed by atoms with Crippen LogP contribution in [0.2, 0.25) is 5.02 Å². The molecule has 3 N–H and O–H groups in total. The van der Waals surface area contributed by atoms with Gasteiger partial charge in [0.25, 0.3) is 0 Å². The van der Waals surface area contributed by atoms with Crippen LogP contribution in [-0.2, 0) is 0 Å². The first kappa shape index (κ1) is 13.2. The number of halogens is 3. The Morgan fingerprint density at radius 1 is 1.33 bits per heavy atom. The van der Waals surface area contributed by atoms with Crippen molar-refractivity contribution >= 4 is 44.6 Å². The Labute approximate surface area is 118 Å². The van der Waals surface area contributed by atoms with E-state index in [0.29, 0.717) is 20.9 Å². The molecule has 0 aliphatic carbocycles. The Bertz CT molecular complexity index is 579. The molecule has 2 nitrogen and oxygen atoms in total. The van der Waals surface area contributed by atoms with Gasteiger partial charge in [0.05, 0.1) is 22.1 Å². The van der Waals surface area contributed by atoms with Crippen LogP contribution in [0, 0.1) is 12.7 Å². The van der Waals surface area contributed by atoms with E-state index in [1.54, 1.807) is 0 Å². The second kappa shape index (κ2) is 5.16. The van der Waals surface area contributed by atoms with Crippen LogP contribution in [0.4, 0.5) is 21.5 Å². The number of aryl methyl sites for hydroxylation is 1. The molecule has 5 heteroatoms. The first-order valence-electron chi connectivity index (χ1n) is 5.25. The van der Waals surface area contributed by atoms with Gasteiger partial charge in [-0.3, -0.25) is 0 Å². The molecule has 94 valence electrons. The fraction of sp³-hybridized carbons (Fsp3) is 0.0769. The zero-order chi connectivity index (χ0) is 13.3. The second-order valence-corrected chi connectivity index (χ2v) is 5.17. The summed E-state index contributed by atoms with van der Waals surface area (Å²) in [6.45, 7) is 1.92. The Hall–Kier alpha value is -1.26. The molecule has 0 aliphatic rings. The van der Waals surface area contributed by atoms with Crippen molar-refractivity contribution in [3.8, 4) is 0 Å². The average molecular weight is 330 g/mol. The van der Waals surface area contributed by atoms with Crippen molar-refractivity contribution in [2.45, 2.75) is 6.92 Å². The summed E-state index contributed by atoms with van der Waals surface area (Å²) in [6, 6.07) is 8.25. The maximum Gasteiger partial charge on any atom is 0.125 e. The highest BCUT2D eigenvalue weighted by Gasteiger charge is 2.10. The van der Waals surface area contributed by atoms with Crippen molar-refractivity contribution in [1.82, 2.24) is 0 Å². The number of hydrogen-bond acceptors (Lipinski definition) is 2. The van der Waals surface area contributed by atoms with Gasteiger partial charge in [-0.25, -0.2) is 4.39 Å². The average Bonchev–Trinajstić information content (AvgIpc) is 2.28. The Kier molecular flexibility index (Phi) is 3.78. The highest BCUT2D eigenvalue weighted by molar-refractivity contribution is 9.10.